The summed E-state index contributed by atoms with van der Waals surface area (Å²) in [5, 5.41) is 10.1. The summed E-state index contributed by atoms with van der Waals surface area (Å²) < 4.78 is 29.2. The minimum Gasteiger partial charge on any atom is -0.464 e. The average molecular weight is 427 g/mol. The van der Waals surface area contributed by atoms with Gasteiger partial charge in [-0.25, -0.2) is 4.79 Å². The van der Waals surface area contributed by atoms with Crippen molar-refractivity contribution < 1.29 is 18.3 Å². The molecule has 0 spiro atoms. The maximum Gasteiger partial charge on any atom is 0.426 e. The van der Waals surface area contributed by atoms with Crippen LogP contribution in [0.2, 0.25) is 0 Å². The lowest BCUT2D eigenvalue weighted by Crippen LogP contribution is -2.52. The van der Waals surface area contributed by atoms with Gasteiger partial charge in [0.15, 0.2) is 0 Å². The largest absolute Gasteiger partial charge is 0.464 e. The van der Waals surface area contributed by atoms with Crippen LogP contribution in [0.4, 0.5) is 10.5 Å². The maximum absolute atomic E-state index is 13.7. The van der Waals surface area contributed by atoms with Gasteiger partial charge in [0.25, 0.3) is 0 Å². The van der Waals surface area contributed by atoms with Crippen molar-refractivity contribution in [2.75, 3.05) is 4.31 Å². The SMILES string of the molecule is Cc1cc(C(C)(C)C)c(N(C(=O)O)S(=O)(=O)N(C(C)C)C(C)C)c(C(C)(C)C)c1. The number of amides is 1. The molecule has 29 heavy (non-hydrogen) atoms. The Morgan fingerprint density at radius 1 is 0.897 bits per heavy atom. The minimum atomic E-state index is -4.33. The summed E-state index contributed by atoms with van der Waals surface area (Å²) in [6.45, 7) is 20.7. The molecule has 0 radical (unpaired) electrons. The van der Waals surface area contributed by atoms with Crippen molar-refractivity contribution in [1.82, 2.24) is 4.31 Å². The van der Waals surface area contributed by atoms with Gasteiger partial charge in [0.05, 0.1) is 5.69 Å². The standard InChI is InChI=1S/C22H38N2O4S/c1-14(2)23(15(3)4)29(27,28)24(20(25)26)19-17(21(6,7)8)12-16(5)13-18(19)22(9,10)11/h12-15H,1-11H3,(H,25,26). The number of hydrogen-bond acceptors (Lipinski definition) is 3. The Bertz CT molecular complexity index is 817. The number of carbonyl (C=O) groups is 1. The van der Waals surface area contributed by atoms with E-state index in [1.807, 2.05) is 60.6 Å². The Kier molecular flexibility index (Phi) is 7.25. The summed E-state index contributed by atoms with van der Waals surface area (Å²) in [6, 6.07) is 3.02. The molecule has 0 saturated heterocycles. The third-order valence-electron chi connectivity index (χ3n) is 4.76. The van der Waals surface area contributed by atoms with Crippen LogP contribution in [0.3, 0.4) is 0 Å². The van der Waals surface area contributed by atoms with Crippen molar-refractivity contribution in [1.29, 1.82) is 0 Å². The molecule has 0 aromatic heterocycles. The molecule has 0 aliphatic rings. The van der Waals surface area contributed by atoms with E-state index in [0.29, 0.717) is 15.4 Å². The van der Waals surface area contributed by atoms with Crippen molar-refractivity contribution in [2.45, 2.75) is 99.1 Å². The summed E-state index contributed by atoms with van der Waals surface area (Å²) >= 11 is 0. The Balaban J connectivity index is 4.12. The quantitative estimate of drug-likeness (QED) is 0.680. The lowest BCUT2D eigenvalue weighted by Gasteiger charge is -2.38. The fraction of sp³-hybridized carbons (Fsp3) is 0.682. The highest BCUT2D eigenvalue weighted by Crippen LogP contribution is 2.42. The highest BCUT2D eigenvalue weighted by Gasteiger charge is 2.42. The molecule has 0 aliphatic carbocycles. The first-order valence-electron chi connectivity index (χ1n) is 10.1. The molecule has 1 rings (SSSR count). The molecule has 0 heterocycles. The summed E-state index contributed by atoms with van der Waals surface area (Å²) in [4.78, 5) is 12.5. The Morgan fingerprint density at radius 2 is 1.24 bits per heavy atom. The molecule has 166 valence electrons. The summed E-state index contributed by atoms with van der Waals surface area (Å²) in [7, 11) is -4.33. The van der Waals surface area contributed by atoms with Gasteiger partial charge in [-0.2, -0.15) is 17.0 Å². The first kappa shape index (κ1) is 25.4. The van der Waals surface area contributed by atoms with Crippen LogP contribution in [0.1, 0.15) is 85.9 Å². The lowest BCUT2D eigenvalue weighted by atomic mass is 9.77. The normalized spacial score (nSPS) is 13.4. The summed E-state index contributed by atoms with van der Waals surface area (Å²) in [5.74, 6) is 0. The van der Waals surface area contributed by atoms with E-state index < -0.39 is 27.1 Å². The molecule has 0 saturated carbocycles. The van der Waals surface area contributed by atoms with Gasteiger partial charge < -0.3 is 5.11 Å². The van der Waals surface area contributed by atoms with E-state index in [9.17, 15) is 18.3 Å². The van der Waals surface area contributed by atoms with Crippen LogP contribution in [0.5, 0.6) is 0 Å². The number of benzene rings is 1. The molecule has 0 fully saturated rings. The third kappa shape index (κ3) is 5.31. The minimum absolute atomic E-state index is 0.245. The van der Waals surface area contributed by atoms with Crippen LogP contribution in [0, 0.1) is 6.92 Å². The molecule has 0 unspecified atom stereocenters. The first-order valence-corrected chi connectivity index (χ1v) is 11.5. The van der Waals surface area contributed by atoms with Crippen molar-refractivity contribution in [3.63, 3.8) is 0 Å². The molecular weight excluding hydrogens is 388 g/mol. The lowest BCUT2D eigenvalue weighted by molar-refractivity contribution is 0.204. The van der Waals surface area contributed by atoms with E-state index in [1.165, 1.54) is 4.31 Å². The van der Waals surface area contributed by atoms with Gasteiger partial charge in [-0.1, -0.05) is 59.2 Å². The zero-order chi connectivity index (χ0) is 23.1. The van der Waals surface area contributed by atoms with E-state index in [-0.39, 0.29) is 17.8 Å². The van der Waals surface area contributed by atoms with Gasteiger partial charge in [0.1, 0.15) is 0 Å². The molecule has 0 atom stereocenters. The smallest absolute Gasteiger partial charge is 0.426 e. The number of rotatable bonds is 5. The van der Waals surface area contributed by atoms with Crippen molar-refractivity contribution in [3.05, 3.63) is 28.8 Å². The van der Waals surface area contributed by atoms with E-state index in [0.717, 1.165) is 5.56 Å². The van der Waals surface area contributed by atoms with Gasteiger partial charge in [-0.05, 0) is 56.6 Å². The Labute approximate surface area is 177 Å². The second-order valence-electron chi connectivity index (χ2n) is 10.3. The molecule has 1 N–H and O–H groups in total. The van der Waals surface area contributed by atoms with Crippen LogP contribution in [-0.2, 0) is 21.0 Å². The van der Waals surface area contributed by atoms with Crippen LogP contribution >= 0.6 is 0 Å². The van der Waals surface area contributed by atoms with Crippen molar-refractivity contribution in [2.24, 2.45) is 0 Å². The zero-order valence-electron chi connectivity index (χ0n) is 19.8. The van der Waals surface area contributed by atoms with Crippen molar-refractivity contribution >= 4 is 22.0 Å². The second-order valence-corrected chi connectivity index (χ2v) is 12.0. The van der Waals surface area contributed by atoms with Crippen LogP contribution in [0.15, 0.2) is 12.1 Å². The number of anilines is 1. The van der Waals surface area contributed by atoms with E-state index in [2.05, 4.69) is 0 Å². The van der Waals surface area contributed by atoms with E-state index in [4.69, 9.17) is 0 Å². The highest BCUT2D eigenvalue weighted by molar-refractivity contribution is 7.91. The number of aryl methyl sites for hydroxylation is 1. The molecule has 1 aromatic rings. The van der Waals surface area contributed by atoms with Gasteiger partial charge in [0, 0.05) is 12.1 Å². The Morgan fingerprint density at radius 3 is 1.48 bits per heavy atom. The van der Waals surface area contributed by atoms with Gasteiger partial charge in [0.2, 0.25) is 0 Å². The molecule has 0 bridgehead atoms. The molecular formula is C22H38N2O4S. The highest BCUT2D eigenvalue weighted by atomic mass is 32.2. The number of hydrogen-bond donors (Lipinski definition) is 1. The predicted molar refractivity (Wildman–Crippen MR) is 120 cm³/mol. The summed E-state index contributed by atoms with van der Waals surface area (Å²) in [6.07, 6.45) is -1.50. The molecule has 6 nitrogen and oxygen atoms in total. The monoisotopic (exact) mass is 426 g/mol. The molecule has 0 aliphatic heterocycles. The predicted octanol–water partition coefficient (Wildman–Crippen LogP) is 5.44. The molecule has 1 aromatic carbocycles. The van der Waals surface area contributed by atoms with Crippen molar-refractivity contribution in [3.8, 4) is 0 Å². The van der Waals surface area contributed by atoms with Crippen LogP contribution in [0.25, 0.3) is 0 Å². The number of nitrogens with zero attached hydrogens (tertiary/aromatic N) is 2. The molecule has 7 heteroatoms. The third-order valence-corrected chi connectivity index (χ3v) is 6.94. The first-order chi connectivity index (χ1) is 12.8. The topological polar surface area (TPSA) is 77.9 Å². The number of carboxylic acid groups (broad SMARTS) is 1. The van der Waals surface area contributed by atoms with Gasteiger partial charge in [-0.15, -0.1) is 0 Å². The summed E-state index contributed by atoms with van der Waals surface area (Å²) in [5.41, 5.74) is 1.70. The second kappa shape index (κ2) is 8.26. The van der Waals surface area contributed by atoms with E-state index >= 15 is 0 Å². The molecule has 1 amide bonds. The average Bonchev–Trinajstić information content (AvgIpc) is 2.44. The fourth-order valence-corrected chi connectivity index (χ4v) is 5.55. The van der Waals surface area contributed by atoms with Gasteiger partial charge in [-0.3, -0.25) is 0 Å². The van der Waals surface area contributed by atoms with Crippen LogP contribution in [-0.4, -0.2) is 36.0 Å². The fourth-order valence-electron chi connectivity index (χ4n) is 3.67. The van der Waals surface area contributed by atoms with E-state index in [1.54, 1.807) is 27.7 Å². The zero-order valence-corrected chi connectivity index (χ0v) is 20.6. The van der Waals surface area contributed by atoms with Gasteiger partial charge >= 0.3 is 16.3 Å². The maximum atomic E-state index is 13.7. The Hall–Kier alpha value is -1.60. The van der Waals surface area contributed by atoms with Crippen LogP contribution < -0.4 is 4.31 Å².